The van der Waals surface area contributed by atoms with Gasteiger partial charge < -0.3 is 9.64 Å². The van der Waals surface area contributed by atoms with Crippen LogP contribution in [0.4, 0.5) is 0 Å². The SMILES string of the molecule is c1ccc(C2CCN(CCOC(c3ccccc3)c3ccccc3)C2)cc1. The molecule has 1 saturated heterocycles. The highest BCUT2D eigenvalue weighted by Crippen LogP contribution is 2.28. The lowest BCUT2D eigenvalue weighted by molar-refractivity contribution is 0.0642. The van der Waals surface area contributed by atoms with Crippen LogP contribution in [-0.4, -0.2) is 31.1 Å². The summed E-state index contributed by atoms with van der Waals surface area (Å²) in [4.78, 5) is 2.53. The monoisotopic (exact) mass is 357 g/mol. The van der Waals surface area contributed by atoms with Crippen LogP contribution in [0.3, 0.4) is 0 Å². The fourth-order valence-electron chi connectivity index (χ4n) is 3.97. The fraction of sp³-hybridized carbons (Fsp3) is 0.280. The van der Waals surface area contributed by atoms with Crippen molar-refractivity contribution < 1.29 is 4.74 Å². The Morgan fingerprint density at radius 3 is 1.93 bits per heavy atom. The lowest BCUT2D eigenvalue weighted by Crippen LogP contribution is -2.25. The van der Waals surface area contributed by atoms with Gasteiger partial charge in [-0.15, -0.1) is 0 Å². The molecular formula is C25H27NO. The van der Waals surface area contributed by atoms with Crippen LogP contribution in [-0.2, 0) is 4.74 Å². The summed E-state index contributed by atoms with van der Waals surface area (Å²) >= 11 is 0. The maximum absolute atomic E-state index is 6.38. The van der Waals surface area contributed by atoms with Crippen LogP contribution in [0.5, 0.6) is 0 Å². The second-order valence-electron chi connectivity index (χ2n) is 7.27. The molecule has 0 aromatic heterocycles. The summed E-state index contributed by atoms with van der Waals surface area (Å²) in [6.45, 7) is 4.02. The van der Waals surface area contributed by atoms with E-state index in [0.29, 0.717) is 5.92 Å². The number of benzene rings is 3. The largest absolute Gasteiger partial charge is 0.367 e. The average Bonchev–Trinajstić information content (AvgIpc) is 3.22. The molecular weight excluding hydrogens is 330 g/mol. The quantitative estimate of drug-likeness (QED) is 0.570. The van der Waals surface area contributed by atoms with E-state index in [1.54, 1.807) is 0 Å². The van der Waals surface area contributed by atoms with Crippen molar-refractivity contribution in [3.63, 3.8) is 0 Å². The lowest BCUT2D eigenvalue weighted by Gasteiger charge is -2.22. The fourth-order valence-corrected chi connectivity index (χ4v) is 3.97. The molecule has 2 heteroatoms. The van der Waals surface area contributed by atoms with Crippen molar-refractivity contribution >= 4 is 0 Å². The van der Waals surface area contributed by atoms with Gasteiger partial charge >= 0.3 is 0 Å². The molecule has 1 fully saturated rings. The standard InChI is InChI=1S/C25H27NO/c1-4-10-21(11-5-1)24-16-17-26(20-24)18-19-27-25(22-12-6-2-7-13-22)23-14-8-3-9-15-23/h1-15,24-25H,16-20H2. The highest BCUT2D eigenvalue weighted by atomic mass is 16.5. The van der Waals surface area contributed by atoms with Gasteiger partial charge in [0.2, 0.25) is 0 Å². The zero-order valence-corrected chi connectivity index (χ0v) is 15.7. The molecule has 0 bridgehead atoms. The van der Waals surface area contributed by atoms with Gasteiger partial charge in [-0.2, -0.15) is 0 Å². The Morgan fingerprint density at radius 1 is 0.778 bits per heavy atom. The number of rotatable bonds is 7. The van der Waals surface area contributed by atoms with E-state index in [2.05, 4.69) is 95.9 Å². The van der Waals surface area contributed by atoms with Gasteiger partial charge in [0.15, 0.2) is 0 Å². The minimum absolute atomic E-state index is 0.0000710. The van der Waals surface area contributed by atoms with Gasteiger partial charge in [0, 0.05) is 13.1 Å². The Labute approximate surface area is 162 Å². The maximum Gasteiger partial charge on any atom is 0.108 e. The minimum Gasteiger partial charge on any atom is -0.367 e. The Kier molecular flexibility index (Phi) is 5.98. The summed E-state index contributed by atoms with van der Waals surface area (Å²) in [5.41, 5.74) is 3.90. The van der Waals surface area contributed by atoms with Gasteiger partial charge in [0.05, 0.1) is 6.61 Å². The third-order valence-electron chi connectivity index (χ3n) is 5.44. The van der Waals surface area contributed by atoms with Crippen LogP contribution in [0.15, 0.2) is 91.0 Å². The Bertz CT molecular complexity index is 764. The van der Waals surface area contributed by atoms with E-state index < -0.39 is 0 Å². The third kappa shape index (κ3) is 4.65. The Balaban J connectivity index is 1.35. The molecule has 0 saturated carbocycles. The second kappa shape index (κ2) is 8.98. The average molecular weight is 357 g/mol. The zero-order valence-electron chi connectivity index (χ0n) is 15.7. The van der Waals surface area contributed by atoms with Gasteiger partial charge in [-0.05, 0) is 35.6 Å². The molecule has 1 unspecified atom stereocenters. The highest BCUT2D eigenvalue weighted by Gasteiger charge is 2.23. The summed E-state index contributed by atoms with van der Waals surface area (Å²) in [6.07, 6.45) is 1.24. The molecule has 0 aliphatic carbocycles. The van der Waals surface area contributed by atoms with Crippen molar-refractivity contribution in [1.29, 1.82) is 0 Å². The number of ether oxygens (including phenoxy) is 1. The zero-order chi connectivity index (χ0) is 18.3. The smallest absolute Gasteiger partial charge is 0.108 e. The number of likely N-dealkylation sites (tertiary alicyclic amines) is 1. The maximum atomic E-state index is 6.38. The van der Waals surface area contributed by atoms with Crippen LogP contribution >= 0.6 is 0 Å². The predicted molar refractivity (Wildman–Crippen MR) is 111 cm³/mol. The van der Waals surface area contributed by atoms with E-state index in [4.69, 9.17) is 4.74 Å². The van der Waals surface area contributed by atoms with E-state index in [1.165, 1.54) is 23.1 Å². The molecule has 1 atom stereocenters. The molecule has 0 N–H and O–H groups in total. The van der Waals surface area contributed by atoms with E-state index in [-0.39, 0.29) is 6.10 Å². The summed E-state index contributed by atoms with van der Waals surface area (Å²) in [5, 5.41) is 0. The first-order chi connectivity index (χ1) is 13.4. The summed E-state index contributed by atoms with van der Waals surface area (Å²) < 4.78 is 6.38. The third-order valence-corrected chi connectivity index (χ3v) is 5.44. The van der Waals surface area contributed by atoms with Crippen LogP contribution in [0, 0.1) is 0 Å². The van der Waals surface area contributed by atoms with Crippen molar-refractivity contribution in [3.8, 4) is 0 Å². The summed E-state index contributed by atoms with van der Waals surface area (Å²) in [7, 11) is 0. The van der Waals surface area contributed by atoms with E-state index in [9.17, 15) is 0 Å². The van der Waals surface area contributed by atoms with E-state index in [1.807, 2.05) is 0 Å². The number of hydrogen-bond donors (Lipinski definition) is 0. The van der Waals surface area contributed by atoms with Crippen molar-refractivity contribution in [2.75, 3.05) is 26.2 Å². The van der Waals surface area contributed by atoms with Gasteiger partial charge in [-0.3, -0.25) is 0 Å². The first-order valence-electron chi connectivity index (χ1n) is 9.89. The lowest BCUT2D eigenvalue weighted by atomic mass is 9.99. The van der Waals surface area contributed by atoms with Gasteiger partial charge in [-0.25, -0.2) is 0 Å². The molecule has 1 heterocycles. The molecule has 1 aliphatic heterocycles. The Morgan fingerprint density at radius 2 is 1.33 bits per heavy atom. The number of nitrogens with zero attached hydrogens (tertiary/aromatic N) is 1. The van der Waals surface area contributed by atoms with Crippen molar-refractivity contribution in [2.24, 2.45) is 0 Å². The number of hydrogen-bond acceptors (Lipinski definition) is 2. The molecule has 3 aromatic rings. The normalized spacial score (nSPS) is 17.4. The predicted octanol–water partition coefficient (Wildman–Crippen LogP) is 5.28. The van der Waals surface area contributed by atoms with Gasteiger partial charge in [-0.1, -0.05) is 91.0 Å². The van der Waals surface area contributed by atoms with Crippen molar-refractivity contribution in [3.05, 3.63) is 108 Å². The molecule has 2 nitrogen and oxygen atoms in total. The molecule has 27 heavy (non-hydrogen) atoms. The van der Waals surface area contributed by atoms with E-state index >= 15 is 0 Å². The molecule has 3 aromatic carbocycles. The summed E-state index contributed by atoms with van der Waals surface area (Å²) in [6, 6.07) is 31.9. The van der Waals surface area contributed by atoms with E-state index in [0.717, 1.165) is 26.2 Å². The first kappa shape index (κ1) is 18.0. The second-order valence-corrected chi connectivity index (χ2v) is 7.27. The van der Waals surface area contributed by atoms with Crippen LogP contribution in [0.2, 0.25) is 0 Å². The molecule has 0 spiro atoms. The van der Waals surface area contributed by atoms with Gasteiger partial charge in [0.25, 0.3) is 0 Å². The highest BCUT2D eigenvalue weighted by molar-refractivity contribution is 5.30. The minimum atomic E-state index is -0.0000710. The topological polar surface area (TPSA) is 12.5 Å². The summed E-state index contributed by atoms with van der Waals surface area (Å²) in [5.74, 6) is 0.658. The van der Waals surface area contributed by atoms with Crippen molar-refractivity contribution in [2.45, 2.75) is 18.4 Å². The molecule has 1 aliphatic rings. The molecule has 0 radical (unpaired) electrons. The van der Waals surface area contributed by atoms with Crippen LogP contribution in [0.1, 0.15) is 35.1 Å². The molecule has 138 valence electrons. The molecule has 4 rings (SSSR count). The van der Waals surface area contributed by atoms with Crippen LogP contribution in [0.25, 0.3) is 0 Å². The van der Waals surface area contributed by atoms with Crippen LogP contribution < -0.4 is 0 Å². The molecule has 0 amide bonds. The van der Waals surface area contributed by atoms with Gasteiger partial charge in [0.1, 0.15) is 6.10 Å². The Hall–Kier alpha value is -2.42. The first-order valence-corrected chi connectivity index (χ1v) is 9.89. The van der Waals surface area contributed by atoms with Crippen molar-refractivity contribution in [1.82, 2.24) is 4.90 Å².